The van der Waals surface area contributed by atoms with Crippen LogP contribution in [-0.2, 0) is 19.4 Å². The molecule has 0 saturated carbocycles. The third kappa shape index (κ3) is 2.64. The van der Waals surface area contributed by atoms with Crippen LogP contribution in [0.5, 0.6) is 0 Å². The topological polar surface area (TPSA) is 49.0 Å². The maximum absolute atomic E-state index is 12.6. The molecule has 4 heteroatoms. The fourth-order valence-corrected chi connectivity index (χ4v) is 2.92. The first kappa shape index (κ1) is 14.8. The van der Waals surface area contributed by atoms with Gasteiger partial charge in [0.15, 0.2) is 0 Å². The zero-order chi connectivity index (χ0) is 14.7. The molecule has 1 aliphatic heterocycles. The van der Waals surface area contributed by atoms with Gasteiger partial charge in [0.1, 0.15) is 0 Å². The number of nitrogens with zero attached hydrogens (tertiary/aromatic N) is 3. The summed E-state index contributed by atoms with van der Waals surface area (Å²) in [5.74, 6) is 0. The SMILES string of the molecule is CCC(C)n1c2c(cc(CC#N)c1=O)CN(CC)CC2. The van der Waals surface area contributed by atoms with Crippen LogP contribution in [0, 0.1) is 11.3 Å². The summed E-state index contributed by atoms with van der Waals surface area (Å²) >= 11 is 0. The minimum Gasteiger partial charge on any atom is -0.309 e. The molecule has 0 aliphatic carbocycles. The maximum atomic E-state index is 12.6. The minimum absolute atomic E-state index is 0.0320. The summed E-state index contributed by atoms with van der Waals surface area (Å²) in [5, 5.41) is 8.92. The molecule has 0 fully saturated rings. The Hall–Kier alpha value is -1.60. The van der Waals surface area contributed by atoms with Gasteiger partial charge in [0.25, 0.3) is 5.56 Å². The summed E-state index contributed by atoms with van der Waals surface area (Å²) in [5.41, 5.74) is 3.08. The van der Waals surface area contributed by atoms with Crippen LogP contribution in [0.4, 0.5) is 0 Å². The average molecular weight is 273 g/mol. The molecule has 1 aliphatic rings. The summed E-state index contributed by atoms with van der Waals surface area (Å²) < 4.78 is 1.94. The van der Waals surface area contributed by atoms with Crippen molar-refractivity contribution in [1.29, 1.82) is 5.26 Å². The second-order valence-corrected chi connectivity index (χ2v) is 5.53. The van der Waals surface area contributed by atoms with Crippen LogP contribution in [0.2, 0.25) is 0 Å². The second-order valence-electron chi connectivity index (χ2n) is 5.53. The van der Waals surface area contributed by atoms with Crippen LogP contribution in [0.1, 0.15) is 50.1 Å². The lowest BCUT2D eigenvalue weighted by Gasteiger charge is -2.31. The highest BCUT2D eigenvalue weighted by molar-refractivity contribution is 5.30. The molecular weight excluding hydrogens is 250 g/mol. The third-order valence-electron chi connectivity index (χ3n) is 4.31. The van der Waals surface area contributed by atoms with Crippen molar-refractivity contribution in [2.24, 2.45) is 0 Å². The molecule has 108 valence electrons. The van der Waals surface area contributed by atoms with E-state index in [1.165, 1.54) is 11.3 Å². The molecule has 1 aromatic rings. The summed E-state index contributed by atoms with van der Waals surface area (Å²) in [6.07, 6.45) is 2.06. The highest BCUT2D eigenvalue weighted by Crippen LogP contribution is 2.22. The van der Waals surface area contributed by atoms with Gasteiger partial charge in [-0.25, -0.2) is 0 Å². The molecule has 0 radical (unpaired) electrons. The number of pyridine rings is 1. The Labute approximate surface area is 120 Å². The van der Waals surface area contributed by atoms with Crippen LogP contribution < -0.4 is 5.56 Å². The lowest BCUT2D eigenvalue weighted by molar-refractivity contribution is 0.259. The summed E-state index contributed by atoms with van der Waals surface area (Å²) in [6, 6.07) is 4.27. The van der Waals surface area contributed by atoms with E-state index in [0.29, 0.717) is 5.56 Å². The summed E-state index contributed by atoms with van der Waals surface area (Å²) in [4.78, 5) is 15.0. The molecule has 0 spiro atoms. The molecule has 2 heterocycles. The predicted octanol–water partition coefficient (Wildman–Crippen LogP) is 2.26. The fourth-order valence-electron chi connectivity index (χ4n) is 2.92. The first-order valence-corrected chi connectivity index (χ1v) is 7.47. The van der Waals surface area contributed by atoms with Crippen molar-refractivity contribution in [3.8, 4) is 6.07 Å². The molecule has 0 saturated heterocycles. The van der Waals surface area contributed by atoms with Crippen LogP contribution in [0.15, 0.2) is 10.9 Å². The molecule has 4 nitrogen and oxygen atoms in total. The van der Waals surface area contributed by atoms with E-state index in [1.54, 1.807) is 0 Å². The highest BCUT2D eigenvalue weighted by Gasteiger charge is 2.22. The van der Waals surface area contributed by atoms with Crippen LogP contribution >= 0.6 is 0 Å². The van der Waals surface area contributed by atoms with Gasteiger partial charge in [-0.1, -0.05) is 13.8 Å². The molecule has 0 amide bonds. The summed E-state index contributed by atoms with van der Waals surface area (Å²) in [6.45, 7) is 9.27. The number of nitriles is 1. The van der Waals surface area contributed by atoms with Crippen molar-refractivity contribution in [2.45, 2.75) is 52.6 Å². The Morgan fingerprint density at radius 3 is 2.80 bits per heavy atom. The van der Waals surface area contributed by atoms with E-state index in [2.05, 4.69) is 31.7 Å². The van der Waals surface area contributed by atoms with E-state index in [-0.39, 0.29) is 18.0 Å². The normalized spacial score (nSPS) is 16.5. The van der Waals surface area contributed by atoms with Crippen molar-refractivity contribution in [2.75, 3.05) is 13.1 Å². The molecular formula is C16H23N3O. The zero-order valence-corrected chi connectivity index (χ0v) is 12.6. The Bertz CT molecular complexity index is 583. The van der Waals surface area contributed by atoms with Crippen molar-refractivity contribution < 1.29 is 0 Å². The van der Waals surface area contributed by atoms with E-state index < -0.39 is 0 Å². The van der Waals surface area contributed by atoms with E-state index >= 15 is 0 Å². The molecule has 20 heavy (non-hydrogen) atoms. The van der Waals surface area contributed by atoms with Crippen LogP contribution in [0.25, 0.3) is 0 Å². The lowest BCUT2D eigenvalue weighted by Crippen LogP contribution is -2.37. The highest BCUT2D eigenvalue weighted by atomic mass is 16.1. The van der Waals surface area contributed by atoms with Crippen molar-refractivity contribution in [3.05, 3.63) is 33.2 Å². The Kier molecular flexibility index (Phi) is 4.61. The van der Waals surface area contributed by atoms with E-state index in [9.17, 15) is 4.79 Å². The van der Waals surface area contributed by atoms with Crippen LogP contribution in [0.3, 0.4) is 0 Å². The van der Waals surface area contributed by atoms with Gasteiger partial charge in [-0.3, -0.25) is 9.69 Å². The minimum atomic E-state index is 0.0320. The van der Waals surface area contributed by atoms with Gasteiger partial charge in [-0.15, -0.1) is 0 Å². The monoisotopic (exact) mass is 273 g/mol. The molecule has 1 unspecified atom stereocenters. The molecule has 0 N–H and O–H groups in total. The van der Waals surface area contributed by atoms with Crippen LogP contribution in [-0.4, -0.2) is 22.6 Å². The van der Waals surface area contributed by atoms with Gasteiger partial charge in [-0.2, -0.15) is 5.26 Å². The van der Waals surface area contributed by atoms with E-state index in [1.807, 2.05) is 10.6 Å². The fraction of sp³-hybridized carbons (Fsp3) is 0.625. The quantitative estimate of drug-likeness (QED) is 0.845. The largest absolute Gasteiger partial charge is 0.309 e. The number of likely N-dealkylation sites (N-methyl/N-ethyl adjacent to an activating group) is 1. The third-order valence-corrected chi connectivity index (χ3v) is 4.31. The molecule has 1 aromatic heterocycles. The average Bonchev–Trinajstić information content (AvgIpc) is 2.47. The zero-order valence-electron chi connectivity index (χ0n) is 12.6. The number of rotatable bonds is 4. The van der Waals surface area contributed by atoms with E-state index in [4.69, 9.17) is 5.26 Å². The molecule has 2 rings (SSSR count). The van der Waals surface area contributed by atoms with Gasteiger partial charge >= 0.3 is 0 Å². The Morgan fingerprint density at radius 1 is 1.45 bits per heavy atom. The smallest absolute Gasteiger partial charge is 0.255 e. The standard InChI is InChI=1S/C16H23N3O/c1-4-12(3)19-15-7-9-18(5-2)11-14(15)10-13(6-8-17)16(19)20/h10,12H,4-7,9,11H2,1-3H3. The Balaban J connectivity index is 2.58. The number of fused-ring (bicyclic) bond motifs is 1. The second kappa shape index (κ2) is 6.23. The summed E-state index contributed by atoms with van der Waals surface area (Å²) in [7, 11) is 0. The number of aromatic nitrogens is 1. The maximum Gasteiger partial charge on any atom is 0.255 e. The first-order valence-electron chi connectivity index (χ1n) is 7.47. The van der Waals surface area contributed by atoms with E-state index in [0.717, 1.165) is 32.5 Å². The van der Waals surface area contributed by atoms with Crippen molar-refractivity contribution >= 4 is 0 Å². The first-order chi connectivity index (χ1) is 9.62. The molecule has 0 aromatic carbocycles. The number of hydrogen-bond donors (Lipinski definition) is 0. The van der Waals surface area contributed by atoms with Gasteiger partial charge in [0.05, 0.1) is 12.5 Å². The number of hydrogen-bond acceptors (Lipinski definition) is 3. The molecule has 1 atom stereocenters. The Morgan fingerprint density at radius 2 is 2.20 bits per heavy atom. The van der Waals surface area contributed by atoms with Gasteiger partial charge in [-0.05, 0) is 31.5 Å². The van der Waals surface area contributed by atoms with Gasteiger partial charge < -0.3 is 4.57 Å². The van der Waals surface area contributed by atoms with Crippen molar-refractivity contribution in [3.63, 3.8) is 0 Å². The predicted molar refractivity (Wildman–Crippen MR) is 79.7 cm³/mol. The van der Waals surface area contributed by atoms with Gasteiger partial charge in [0, 0.05) is 36.8 Å². The molecule has 0 bridgehead atoms. The van der Waals surface area contributed by atoms with Crippen molar-refractivity contribution in [1.82, 2.24) is 9.47 Å². The van der Waals surface area contributed by atoms with Gasteiger partial charge in [0.2, 0.25) is 0 Å². The lowest BCUT2D eigenvalue weighted by atomic mass is 10.0.